The number of aromatic nitrogens is 3. The number of nitrogens with zero attached hydrogens (tertiary/aromatic N) is 3. The van der Waals surface area contributed by atoms with E-state index in [1.165, 1.54) is 12.8 Å². The fourth-order valence-electron chi connectivity index (χ4n) is 1.76. The van der Waals surface area contributed by atoms with Crippen molar-refractivity contribution in [1.82, 2.24) is 14.9 Å². The van der Waals surface area contributed by atoms with Gasteiger partial charge in [0.15, 0.2) is 0 Å². The smallest absolute Gasteiger partial charge is 0.294 e. The third-order valence-corrected chi connectivity index (χ3v) is 2.89. The molecule has 1 amide bonds. The number of aryl methyl sites for hydroxylation is 1. The minimum absolute atomic E-state index is 0.211. The van der Waals surface area contributed by atoms with Crippen LogP contribution >= 0.6 is 0 Å². The van der Waals surface area contributed by atoms with E-state index < -0.39 is 0 Å². The summed E-state index contributed by atoms with van der Waals surface area (Å²) in [7, 11) is 0. The number of nitrogens with one attached hydrogen (secondary N) is 1. The molecule has 2 aromatic heterocycles. The lowest BCUT2D eigenvalue weighted by molar-refractivity contribution is 0.0988. The Morgan fingerprint density at radius 2 is 2.44 bits per heavy atom. The first-order chi connectivity index (χ1) is 8.70. The summed E-state index contributed by atoms with van der Waals surface area (Å²) in [6.45, 7) is 2.70. The standard InChI is InChI=1S/C12H14N4O2/c1-8-4-11(18-15-8)12(17)14-10-5-13-16(7-10)6-9-2-3-9/h4-5,7,9H,2-3,6H2,1H3,(H,14,17). The van der Waals surface area contributed by atoms with Gasteiger partial charge in [-0.3, -0.25) is 9.48 Å². The molecule has 0 aliphatic heterocycles. The summed E-state index contributed by atoms with van der Waals surface area (Å²) in [4.78, 5) is 11.8. The minimum atomic E-state index is -0.304. The van der Waals surface area contributed by atoms with Crippen LogP contribution in [0.3, 0.4) is 0 Å². The normalized spacial score (nSPS) is 14.7. The maximum Gasteiger partial charge on any atom is 0.294 e. The Labute approximate surface area is 104 Å². The van der Waals surface area contributed by atoms with Gasteiger partial charge >= 0.3 is 0 Å². The zero-order valence-corrected chi connectivity index (χ0v) is 10.1. The second-order valence-electron chi connectivity index (χ2n) is 4.68. The van der Waals surface area contributed by atoms with Gasteiger partial charge in [0.25, 0.3) is 5.91 Å². The zero-order valence-electron chi connectivity index (χ0n) is 10.1. The van der Waals surface area contributed by atoms with Gasteiger partial charge < -0.3 is 9.84 Å². The summed E-state index contributed by atoms with van der Waals surface area (Å²) in [5.74, 6) is 0.661. The Kier molecular flexibility index (Phi) is 2.62. The largest absolute Gasteiger partial charge is 0.351 e. The second-order valence-corrected chi connectivity index (χ2v) is 4.68. The van der Waals surface area contributed by atoms with Crippen molar-refractivity contribution in [2.24, 2.45) is 5.92 Å². The van der Waals surface area contributed by atoms with Crippen LogP contribution in [-0.4, -0.2) is 20.8 Å². The van der Waals surface area contributed by atoms with E-state index in [-0.39, 0.29) is 11.7 Å². The van der Waals surface area contributed by atoms with Gasteiger partial charge in [-0.05, 0) is 25.7 Å². The molecule has 94 valence electrons. The molecule has 0 radical (unpaired) electrons. The van der Waals surface area contributed by atoms with Crippen molar-refractivity contribution in [1.29, 1.82) is 0 Å². The molecule has 0 atom stereocenters. The van der Waals surface area contributed by atoms with E-state index >= 15 is 0 Å². The predicted molar refractivity (Wildman–Crippen MR) is 64.1 cm³/mol. The third-order valence-electron chi connectivity index (χ3n) is 2.89. The molecule has 6 heteroatoms. The van der Waals surface area contributed by atoms with Crippen molar-refractivity contribution < 1.29 is 9.32 Å². The highest BCUT2D eigenvalue weighted by molar-refractivity contribution is 6.02. The quantitative estimate of drug-likeness (QED) is 0.893. The fourth-order valence-corrected chi connectivity index (χ4v) is 1.76. The molecule has 6 nitrogen and oxygen atoms in total. The first kappa shape index (κ1) is 11.0. The molecule has 1 fully saturated rings. The van der Waals surface area contributed by atoms with Gasteiger partial charge in [-0.15, -0.1) is 0 Å². The van der Waals surface area contributed by atoms with Crippen molar-refractivity contribution in [3.05, 3.63) is 29.9 Å². The molecule has 2 aromatic rings. The SMILES string of the molecule is Cc1cc(C(=O)Nc2cnn(CC3CC3)c2)on1. The summed E-state index contributed by atoms with van der Waals surface area (Å²) in [6.07, 6.45) is 6.03. The topological polar surface area (TPSA) is 73.0 Å². The molecule has 1 aliphatic carbocycles. The number of anilines is 1. The average Bonchev–Trinajstić information content (AvgIpc) is 2.85. The number of carbonyl (C=O) groups excluding carboxylic acids is 1. The molecule has 0 saturated heterocycles. The summed E-state index contributed by atoms with van der Waals surface area (Å²) in [6, 6.07) is 1.60. The second kappa shape index (κ2) is 4.29. The Bertz CT molecular complexity index is 568. The van der Waals surface area contributed by atoms with E-state index in [2.05, 4.69) is 15.6 Å². The molecule has 0 aromatic carbocycles. The van der Waals surface area contributed by atoms with E-state index in [0.717, 1.165) is 12.5 Å². The van der Waals surface area contributed by atoms with E-state index in [0.29, 0.717) is 11.4 Å². The van der Waals surface area contributed by atoms with Gasteiger partial charge in [-0.1, -0.05) is 5.16 Å². The van der Waals surface area contributed by atoms with E-state index in [1.807, 2.05) is 10.9 Å². The van der Waals surface area contributed by atoms with Crippen LogP contribution in [0.2, 0.25) is 0 Å². The Hall–Kier alpha value is -2.11. The van der Waals surface area contributed by atoms with Crippen LogP contribution in [0.1, 0.15) is 29.1 Å². The first-order valence-corrected chi connectivity index (χ1v) is 5.98. The monoisotopic (exact) mass is 246 g/mol. The van der Waals surface area contributed by atoms with Crippen LogP contribution in [0.5, 0.6) is 0 Å². The van der Waals surface area contributed by atoms with Crippen molar-refractivity contribution in [3.8, 4) is 0 Å². The molecule has 2 heterocycles. The number of hydrogen-bond donors (Lipinski definition) is 1. The van der Waals surface area contributed by atoms with Gasteiger partial charge in [0.2, 0.25) is 5.76 Å². The van der Waals surface area contributed by atoms with Gasteiger partial charge in [-0.2, -0.15) is 5.10 Å². The molecule has 1 N–H and O–H groups in total. The van der Waals surface area contributed by atoms with Crippen molar-refractivity contribution in [2.45, 2.75) is 26.3 Å². The Morgan fingerprint density at radius 1 is 1.61 bits per heavy atom. The third kappa shape index (κ3) is 2.42. The lowest BCUT2D eigenvalue weighted by Gasteiger charge is -1.98. The molecule has 0 spiro atoms. The van der Waals surface area contributed by atoms with E-state index in [1.54, 1.807) is 19.2 Å². The molecular formula is C12H14N4O2. The highest BCUT2D eigenvalue weighted by Gasteiger charge is 2.22. The van der Waals surface area contributed by atoms with Crippen molar-refractivity contribution in [2.75, 3.05) is 5.32 Å². The van der Waals surface area contributed by atoms with E-state index in [4.69, 9.17) is 4.52 Å². The van der Waals surface area contributed by atoms with Crippen molar-refractivity contribution in [3.63, 3.8) is 0 Å². The number of hydrogen-bond acceptors (Lipinski definition) is 4. The average molecular weight is 246 g/mol. The van der Waals surface area contributed by atoms with Gasteiger partial charge in [0.1, 0.15) is 0 Å². The molecule has 0 bridgehead atoms. The highest BCUT2D eigenvalue weighted by Crippen LogP contribution is 2.30. The number of rotatable bonds is 4. The number of carbonyl (C=O) groups is 1. The van der Waals surface area contributed by atoms with Crippen molar-refractivity contribution >= 4 is 11.6 Å². The summed E-state index contributed by atoms with van der Waals surface area (Å²) < 4.78 is 6.75. The Morgan fingerprint density at radius 3 is 3.11 bits per heavy atom. The molecule has 1 saturated carbocycles. The van der Waals surface area contributed by atoms with Crippen LogP contribution in [0, 0.1) is 12.8 Å². The predicted octanol–water partition coefficient (Wildman–Crippen LogP) is 1.84. The molecular weight excluding hydrogens is 232 g/mol. The van der Waals surface area contributed by atoms with Gasteiger partial charge in [0.05, 0.1) is 17.6 Å². The molecule has 3 rings (SSSR count). The molecule has 1 aliphatic rings. The van der Waals surface area contributed by atoms with Crippen LogP contribution < -0.4 is 5.32 Å². The molecule has 0 unspecified atom stereocenters. The van der Waals surface area contributed by atoms with Gasteiger partial charge in [0, 0.05) is 18.8 Å². The lowest BCUT2D eigenvalue weighted by Crippen LogP contribution is -2.10. The van der Waals surface area contributed by atoms with Gasteiger partial charge in [-0.25, -0.2) is 0 Å². The molecule has 18 heavy (non-hydrogen) atoms. The fraction of sp³-hybridized carbons (Fsp3) is 0.417. The maximum atomic E-state index is 11.8. The lowest BCUT2D eigenvalue weighted by atomic mass is 10.3. The Balaban J connectivity index is 1.64. The van der Waals surface area contributed by atoms with Crippen LogP contribution in [-0.2, 0) is 6.54 Å². The van der Waals surface area contributed by atoms with Crippen LogP contribution in [0.25, 0.3) is 0 Å². The summed E-state index contributed by atoms with van der Waals surface area (Å²) >= 11 is 0. The number of amides is 1. The maximum absolute atomic E-state index is 11.8. The zero-order chi connectivity index (χ0) is 12.5. The van der Waals surface area contributed by atoms with Crippen LogP contribution in [0.4, 0.5) is 5.69 Å². The summed E-state index contributed by atoms with van der Waals surface area (Å²) in [5, 5.41) is 10.6. The van der Waals surface area contributed by atoms with Crippen LogP contribution in [0.15, 0.2) is 23.0 Å². The first-order valence-electron chi connectivity index (χ1n) is 5.98. The highest BCUT2D eigenvalue weighted by atomic mass is 16.5. The summed E-state index contributed by atoms with van der Waals surface area (Å²) in [5.41, 5.74) is 1.36. The van der Waals surface area contributed by atoms with E-state index in [9.17, 15) is 4.79 Å². The minimum Gasteiger partial charge on any atom is -0.351 e.